The number of carbonyl (C=O) groups excluding carboxylic acids is 1. The van der Waals surface area contributed by atoms with Crippen molar-refractivity contribution in [2.24, 2.45) is 0 Å². The first-order valence-electron chi connectivity index (χ1n) is 9.28. The summed E-state index contributed by atoms with van der Waals surface area (Å²) in [4.78, 5) is 13.1. The first kappa shape index (κ1) is 19.3. The van der Waals surface area contributed by atoms with E-state index >= 15 is 0 Å². The van der Waals surface area contributed by atoms with Crippen molar-refractivity contribution in [2.75, 3.05) is 6.16 Å². The SMILES string of the molecule is CC(C)(C)NC(=O)C[P+](c1ccccc1)(c1ccccc1)c1ccccc1. The van der Waals surface area contributed by atoms with Gasteiger partial charge < -0.3 is 5.32 Å². The normalized spacial score (nSPS) is 11.8. The van der Waals surface area contributed by atoms with Crippen LogP contribution < -0.4 is 21.2 Å². The molecule has 0 saturated heterocycles. The number of hydrogen-bond acceptors (Lipinski definition) is 1. The summed E-state index contributed by atoms with van der Waals surface area (Å²) >= 11 is 0. The van der Waals surface area contributed by atoms with E-state index in [0.29, 0.717) is 6.16 Å². The van der Waals surface area contributed by atoms with Gasteiger partial charge in [0, 0.05) is 5.54 Å². The summed E-state index contributed by atoms with van der Waals surface area (Å²) in [6.45, 7) is 6.08. The predicted octanol–water partition coefficient (Wildman–Crippen LogP) is 3.90. The third-order valence-corrected chi connectivity index (χ3v) is 8.79. The molecule has 0 unspecified atom stereocenters. The lowest BCUT2D eigenvalue weighted by Gasteiger charge is -2.29. The van der Waals surface area contributed by atoms with Gasteiger partial charge in [-0.2, -0.15) is 0 Å². The van der Waals surface area contributed by atoms with E-state index in [1.54, 1.807) is 0 Å². The molecule has 0 fully saturated rings. The summed E-state index contributed by atoms with van der Waals surface area (Å²) in [6.07, 6.45) is 0.461. The lowest BCUT2D eigenvalue weighted by molar-refractivity contribution is -0.120. The van der Waals surface area contributed by atoms with Gasteiger partial charge in [-0.1, -0.05) is 54.6 Å². The Kier molecular flexibility index (Phi) is 5.77. The van der Waals surface area contributed by atoms with Gasteiger partial charge in [-0.05, 0) is 57.2 Å². The maximum absolute atomic E-state index is 13.1. The summed E-state index contributed by atoms with van der Waals surface area (Å²) in [7, 11) is -2.11. The molecule has 1 N–H and O–H groups in total. The lowest BCUT2D eigenvalue weighted by Crippen LogP contribution is -2.45. The van der Waals surface area contributed by atoms with Crippen LogP contribution in [0.2, 0.25) is 0 Å². The first-order chi connectivity index (χ1) is 12.9. The summed E-state index contributed by atoms with van der Waals surface area (Å²) in [5, 5.41) is 6.86. The molecule has 138 valence electrons. The van der Waals surface area contributed by atoms with Gasteiger partial charge in [0.1, 0.15) is 23.2 Å². The second-order valence-electron chi connectivity index (χ2n) is 7.77. The van der Waals surface area contributed by atoms with E-state index in [-0.39, 0.29) is 11.4 Å². The highest BCUT2D eigenvalue weighted by molar-refractivity contribution is 7.96. The molecule has 0 aliphatic rings. The van der Waals surface area contributed by atoms with Crippen LogP contribution in [0.25, 0.3) is 0 Å². The second kappa shape index (κ2) is 8.06. The molecular weight excluding hydrogens is 349 g/mol. The fourth-order valence-corrected chi connectivity index (χ4v) is 7.44. The van der Waals surface area contributed by atoms with Gasteiger partial charge in [-0.15, -0.1) is 0 Å². The van der Waals surface area contributed by atoms with Crippen molar-refractivity contribution in [1.82, 2.24) is 5.32 Å². The van der Waals surface area contributed by atoms with E-state index in [4.69, 9.17) is 0 Å². The second-order valence-corrected chi connectivity index (χ2v) is 11.3. The zero-order valence-corrected chi connectivity index (χ0v) is 17.1. The Morgan fingerprint density at radius 1 is 0.704 bits per heavy atom. The van der Waals surface area contributed by atoms with E-state index in [2.05, 4.69) is 78.1 Å². The van der Waals surface area contributed by atoms with Crippen molar-refractivity contribution in [2.45, 2.75) is 26.3 Å². The van der Waals surface area contributed by atoms with Crippen LogP contribution in [0, 0.1) is 0 Å². The molecule has 3 aromatic carbocycles. The van der Waals surface area contributed by atoms with Crippen LogP contribution in [0.15, 0.2) is 91.0 Å². The molecule has 1 amide bonds. The molecule has 0 spiro atoms. The van der Waals surface area contributed by atoms with Crippen molar-refractivity contribution in [3.8, 4) is 0 Å². The van der Waals surface area contributed by atoms with Gasteiger partial charge >= 0.3 is 0 Å². The van der Waals surface area contributed by atoms with E-state index in [1.807, 2.05) is 39.0 Å². The molecule has 0 radical (unpaired) electrons. The minimum Gasteiger partial charge on any atom is -0.348 e. The summed E-state index contributed by atoms with van der Waals surface area (Å²) in [5.74, 6) is 0.0902. The minimum atomic E-state index is -2.11. The molecule has 3 rings (SSSR count). The Labute approximate surface area is 163 Å². The zero-order valence-electron chi connectivity index (χ0n) is 16.2. The smallest absolute Gasteiger partial charge is 0.259 e. The molecule has 0 bridgehead atoms. The molecule has 0 aliphatic heterocycles. The van der Waals surface area contributed by atoms with Crippen LogP contribution in [-0.2, 0) is 4.79 Å². The van der Waals surface area contributed by atoms with E-state index in [9.17, 15) is 4.79 Å². The molecule has 3 heteroatoms. The number of hydrogen-bond donors (Lipinski definition) is 1. The van der Waals surface area contributed by atoms with Crippen LogP contribution in [0.5, 0.6) is 0 Å². The van der Waals surface area contributed by atoms with Crippen LogP contribution in [0.4, 0.5) is 0 Å². The first-order valence-corrected chi connectivity index (χ1v) is 11.3. The van der Waals surface area contributed by atoms with Crippen LogP contribution in [-0.4, -0.2) is 17.6 Å². The average molecular weight is 376 g/mol. The van der Waals surface area contributed by atoms with Crippen LogP contribution in [0.3, 0.4) is 0 Å². The topological polar surface area (TPSA) is 29.1 Å². The number of rotatable bonds is 5. The average Bonchev–Trinajstić information content (AvgIpc) is 2.67. The van der Waals surface area contributed by atoms with Gasteiger partial charge in [0.2, 0.25) is 0 Å². The number of amides is 1. The Hall–Kier alpha value is -2.44. The fraction of sp³-hybridized carbons (Fsp3) is 0.208. The number of nitrogens with one attached hydrogen (secondary N) is 1. The Balaban J connectivity index is 2.21. The van der Waals surface area contributed by atoms with E-state index < -0.39 is 7.26 Å². The lowest BCUT2D eigenvalue weighted by atomic mass is 10.1. The van der Waals surface area contributed by atoms with Crippen molar-refractivity contribution in [1.29, 1.82) is 0 Å². The summed E-state index contributed by atoms with van der Waals surface area (Å²) in [6, 6.07) is 31.5. The van der Waals surface area contributed by atoms with Crippen molar-refractivity contribution < 1.29 is 4.79 Å². The molecular formula is C24H27NOP+. The van der Waals surface area contributed by atoms with Crippen LogP contribution in [0.1, 0.15) is 20.8 Å². The van der Waals surface area contributed by atoms with Gasteiger partial charge in [0.25, 0.3) is 5.91 Å². The van der Waals surface area contributed by atoms with E-state index in [0.717, 1.165) is 0 Å². The Morgan fingerprint density at radius 3 is 1.33 bits per heavy atom. The number of benzene rings is 3. The maximum atomic E-state index is 13.1. The predicted molar refractivity (Wildman–Crippen MR) is 118 cm³/mol. The molecule has 27 heavy (non-hydrogen) atoms. The molecule has 0 atom stereocenters. The maximum Gasteiger partial charge on any atom is 0.259 e. The largest absolute Gasteiger partial charge is 0.348 e. The standard InChI is InChI=1S/C24H26NOP/c1-24(2,3)25-23(26)19-27(20-13-7-4-8-14-20,21-15-9-5-10-16-21)22-17-11-6-12-18-22/h4-18H,19H2,1-3H3/p+1. The molecule has 0 heterocycles. The quantitative estimate of drug-likeness (QED) is 0.673. The fourth-order valence-electron chi connectivity index (χ4n) is 3.44. The molecule has 2 nitrogen and oxygen atoms in total. The third-order valence-electron chi connectivity index (χ3n) is 4.49. The van der Waals surface area contributed by atoms with Gasteiger partial charge in [0.15, 0.2) is 6.16 Å². The minimum absolute atomic E-state index is 0.0902. The van der Waals surface area contributed by atoms with Gasteiger partial charge in [-0.3, -0.25) is 4.79 Å². The van der Waals surface area contributed by atoms with Crippen LogP contribution >= 0.6 is 7.26 Å². The van der Waals surface area contributed by atoms with Crippen molar-refractivity contribution >= 4 is 29.1 Å². The zero-order chi connectivity index (χ0) is 19.3. The van der Waals surface area contributed by atoms with Crippen molar-refractivity contribution in [3.05, 3.63) is 91.0 Å². The van der Waals surface area contributed by atoms with Gasteiger partial charge in [-0.25, -0.2) is 0 Å². The summed E-state index contributed by atoms with van der Waals surface area (Å²) in [5.41, 5.74) is -0.253. The highest BCUT2D eigenvalue weighted by Crippen LogP contribution is 2.55. The van der Waals surface area contributed by atoms with Gasteiger partial charge in [0.05, 0.1) is 0 Å². The molecule has 0 aliphatic carbocycles. The highest BCUT2D eigenvalue weighted by atomic mass is 31.2. The van der Waals surface area contributed by atoms with Crippen molar-refractivity contribution in [3.63, 3.8) is 0 Å². The third kappa shape index (κ3) is 4.46. The Bertz CT molecular complexity index is 774. The molecule has 0 saturated carbocycles. The highest BCUT2D eigenvalue weighted by Gasteiger charge is 2.47. The monoisotopic (exact) mass is 376 g/mol. The molecule has 0 aromatic heterocycles. The molecule has 3 aromatic rings. The summed E-state index contributed by atoms with van der Waals surface area (Å²) < 4.78 is 0. The van der Waals surface area contributed by atoms with E-state index in [1.165, 1.54) is 15.9 Å². The number of carbonyl (C=O) groups is 1. The Morgan fingerprint density at radius 2 is 1.04 bits per heavy atom.